The third kappa shape index (κ3) is 5.66. The van der Waals surface area contributed by atoms with Crippen molar-refractivity contribution in [3.63, 3.8) is 0 Å². The van der Waals surface area contributed by atoms with Gasteiger partial charge >= 0.3 is 6.09 Å². The Morgan fingerprint density at radius 1 is 0.879 bits per heavy atom. The van der Waals surface area contributed by atoms with Gasteiger partial charge in [0.05, 0.1) is 0 Å². The number of nitrogens with one attached hydrogen (secondary N) is 1. The SMILES string of the molecule is CC(C)C[C@H](NC(=O)OCC1c2ccccc2-c2ccccc21)C(=O)SCc1ccccc1. The summed E-state index contributed by atoms with van der Waals surface area (Å²) in [6.07, 6.45) is 0.0290. The molecule has 33 heavy (non-hydrogen) atoms. The second-order valence-corrected chi connectivity index (χ2v) is 9.73. The predicted molar refractivity (Wildman–Crippen MR) is 134 cm³/mol. The van der Waals surface area contributed by atoms with E-state index in [0.29, 0.717) is 12.2 Å². The largest absolute Gasteiger partial charge is 0.449 e. The van der Waals surface area contributed by atoms with E-state index in [4.69, 9.17) is 4.74 Å². The third-order valence-corrected chi connectivity index (χ3v) is 6.90. The highest BCUT2D eigenvalue weighted by atomic mass is 32.2. The molecular formula is C28H29NO3S. The van der Waals surface area contributed by atoms with Gasteiger partial charge in [0, 0.05) is 11.7 Å². The van der Waals surface area contributed by atoms with Crippen LogP contribution in [0.4, 0.5) is 4.79 Å². The van der Waals surface area contributed by atoms with Crippen LogP contribution in [0.1, 0.15) is 42.9 Å². The van der Waals surface area contributed by atoms with Gasteiger partial charge in [-0.3, -0.25) is 4.79 Å². The number of benzene rings is 3. The fourth-order valence-electron chi connectivity index (χ4n) is 4.30. The van der Waals surface area contributed by atoms with Crippen LogP contribution >= 0.6 is 11.8 Å². The lowest BCUT2D eigenvalue weighted by Gasteiger charge is -2.20. The summed E-state index contributed by atoms with van der Waals surface area (Å²) < 4.78 is 5.65. The molecule has 1 aliphatic rings. The van der Waals surface area contributed by atoms with Gasteiger partial charge in [0.25, 0.3) is 0 Å². The molecule has 0 saturated heterocycles. The van der Waals surface area contributed by atoms with Gasteiger partial charge in [-0.25, -0.2) is 4.79 Å². The lowest BCUT2D eigenvalue weighted by molar-refractivity contribution is -0.113. The molecule has 0 saturated carbocycles. The molecule has 0 aromatic heterocycles. The van der Waals surface area contributed by atoms with Crippen LogP contribution in [0, 0.1) is 5.92 Å². The van der Waals surface area contributed by atoms with Crippen molar-refractivity contribution in [3.8, 4) is 11.1 Å². The smallest absolute Gasteiger partial charge is 0.407 e. The molecule has 3 aromatic carbocycles. The molecule has 1 atom stereocenters. The zero-order valence-corrected chi connectivity index (χ0v) is 19.8. The van der Waals surface area contributed by atoms with Gasteiger partial charge in [0.2, 0.25) is 5.12 Å². The third-order valence-electron chi connectivity index (χ3n) is 5.85. The lowest BCUT2D eigenvalue weighted by atomic mass is 9.98. The number of hydrogen-bond donors (Lipinski definition) is 1. The Hall–Kier alpha value is -3.05. The van der Waals surface area contributed by atoms with Crippen LogP contribution < -0.4 is 5.32 Å². The standard InChI is InChI=1S/C28H29NO3S/c1-19(2)16-26(27(30)33-18-20-10-4-3-5-11-20)29-28(31)32-17-25-23-14-8-6-12-21(23)22-13-7-9-15-24(22)25/h3-15,19,25-26H,16-18H2,1-2H3,(H,29,31)/t26-/m0/s1. The molecule has 4 rings (SSSR count). The zero-order valence-electron chi connectivity index (χ0n) is 19.0. The maximum absolute atomic E-state index is 12.9. The van der Waals surface area contributed by atoms with Crippen molar-refractivity contribution < 1.29 is 14.3 Å². The van der Waals surface area contributed by atoms with Gasteiger partial charge in [0.15, 0.2) is 0 Å². The molecular weight excluding hydrogens is 430 g/mol. The summed E-state index contributed by atoms with van der Waals surface area (Å²) in [5.74, 6) is 0.848. The van der Waals surface area contributed by atoms with Crippen molar-refractivity contribution in [2.75, 3.05) is 6.61 Å². The number of hydrogen-bond acceptors (Lipinski definition) is 4. The first-order valence-corrected chi connectivity index (χ1v) is 12.3. The van der Waals surface area contributed by atoms with Gasteiger partial charge in [0.1, 0.15) is 12.6 Å². The van der Waals surface area contributed by atoms with Crippen LogP contribution in [0.15, 0.2) is 78.9 Å². The number of carbonyl (C=O) groups excluding carboxylic acids is 2. The molecule has 0 aliphatic heterocycles. The maximum atomic E-state index is 12.9. The Morgan fingerprint density at radius 2 is 1.45 bits per heavy atom. The first-order valence-electron chi connectivity index (χ1n) is 11.3. The number of carbonyl (C=O) groups is 2. The average Bonchev–Trinajstić information content (AvgIpc) is 3.15. The topological polar surface area (TPSA) is 55.4 Å². The van der Waals surface area contributed by atoms with Crippen LogP contribution in [-0.2, 0) is 15.3 Å². The minimum Gasteiger partial charge on any atom is -0.449 e. The van der Waals surface area contributed by atoms with Crippen LogP contribution in [0.5, 0.6) is 0 Å². The molecule has 5 heteroatoms. The Morgan fingerprint density at radius 3 is 2.06 bits per heavy atom. The molecule has 3 aromatic rings. The number of rotatable bonds is 8. The second-order valence-electron chi connectivity index (χ2n) is 8.75. The normalized spacial score (nSPS) is 13.3. The van der Waals surface area contributed by atoms with Gasteiger partial charge in [-0.1, -0.05) is 104 Å². The Labute approximate surface area is 199 Å². The summed E-state index contributed by atoms with van der Waals surface area (Å²) in [4.78, 5) is 25.6. The number of fused-ring (bicyclic) bond motifs is 3. The van der Waals surface area contributed by atoms with Crippen molar-refractivity contribution >= 4 is 23.0 Å². The fourth-order valence-corrected chi connectivity index (χ4v) is 5.15. The van der Waals surface area contributed by atoms with E-state index >= 15 is 0 Å². The van der Waals surface area contributed by atoms with Crippen LogP contribution in [0.3, 0.4) is 0 Å². The fraction of sp³-hybridized carbons (Fsp3) is 0.286. The monoisotopic (exact) mass is 459 g/mol. The summed E-state index contributed by atoms with van der Waals surface area (Å²) in [5, 5.41) is 2.78. The van der Waals surface area contributed by atoms with Crippen LogP contribution in [0.2, 0.25) is 0 Å². The molecule has 1 N–H and O–H groups in total. The first kappa shape index (κ1) is 23.1. The molecule has 1 amide bonds. The first-order chi connectivity index (χ1) is 16.0. The Kier molecular flexibility index (Phi) is 7.50. The van der Waals surface area contributed by atoms with Gasteiger partial charge in [-0.05, 0) is 40.2 Å². The van der Waals surface area contributed by atoms with E-state index in [9.17, 15) is 9.59 Å². The molecule has 1 aliphatic carbocycles. The lowest BCUT2D eigenvalue weighted by Crippen LogP contribution is -2.41. The van der Waals surface area contributed by atoms with Crippen LogP contribution in [0.25, 0.3) is 11.1 Å². The summed E-state index contributed by atoms with van der Waals surface area (Å²) in [6.45, 7) is 4.32. The van der Waals surface area contributed by atoms with E-state index in [0.717, 1.165) is 5.56 Å². The van der Waals surface area contributed by atoms with Crippen molar-refractivity contribution in [3.05, 3.63) is 95.6 Å². The van der Waals surface area contributed by atoms with E-state index in [-0.39, 0.29) is 23.6 Å². The number of alkyl carbamates (subject to hydrolysis) is 1. The van der Waals surface area contributed by atoms with Gasteiger partial charge in [-0.2, -0.15) is 0 Å². The van der Waals surface area contributed by atoms with Crippen molar-refractivity contribution in [2.45, 2.75) is 38.0 Å². The van der Waals surface area contributed by atoms with Gasteiger partial charge in [-0.15, -0.1) is 0 Å². The number of ether oxygens (including phenoxy) is 1. The highest BCUT2D eigenvalue weighted by Crippen LogP contribution is 2.44. The molecule has 0 bridgehead atoms. The minimum atomic E-state index is -0.575. The molecule has 170 valence electrons. The van der Waals surface area contributed by atoms with Crippen LogP contribution in [-0.4, -0.2) is 23.9 Å². The number of thioether (sulfide) groups is 1. The van der Waals surface area contributed by atoms with Crippen molar-refractivity contribution in [2.24, 2.45) is 5.92 Å². The Bertz CT molecular complexity index is 1070. The average molecular weight is 460 g/mol. The highest BCUT2D eigenvalue weighted by molar-refractivity contribution is 8.13. The molecule has 0 heterocycles. The maximum Gasteiger partial charge on any atom is 0.407 e. The highest BCUT2D eigenvalue weighted by Gasteiger charge is 2.30. The summed E-state index contributed by atoms with van der Waals surface area (Å²) in [5.41, 5.74) is 5.79. The van der Waals surface area contributed by atoms with Crippen molar-refractivity contribution in [1.82, 2.24) is 5.32 Å². The number of amides is 1. The molecule has 0 fully saturated rings. The summed E-state index contributed by atoms with van der Waals surface area (Å²) in [7, 11) is 0. The molecule has 0 unspecified atom stereocenters. The molecule has 4 nitrogen and oxygen atoms in total. The van der Waals surface area contributed by atoms with E-state index in [1.165, 1.54) is 34.0 Å². The zero-order chi connectivity index (χ0) is 23.2. The molecule has 0 radical (unpaired) electrons. The summed E-state index contributed by atoms with van der Waals surface area (Å²) in [6, 6.07) is 25.8. The second kappa shape index (κ2) is 10.7. The van der Waals surface area contributed by atoms with E-state index in [1.54, 1.807) is 0 Å². The van der Waals surface area contributed by atoms with E-state index in [2.05, 4.69) is 29.6 Å². The Balaban J connectivity index is 1.38. The van der Waals surface area contributed by atoms with E-state index in [1.807, 2.05) is 68.4 Å². The van der Waals surface area contributed by atoms with Crippen molar-refractivity contribution in [1.29, 1.82) is 0 Å². The predicted octanol–water partition coefficient (Wildman–Crippen LogP) is 6.40. The van der Waals surface area contributed by atoms with Gasteiger partial charge < -0.3 is 10.1 Å². The minimum absolute atomic E-state index is 0.00476. The molecule has 0 spiro atoms. The summed E-state index contributed by atoms with van der Waals surface area (Å²) >= 11 is 1.24. The van der Waals surface area contributed by atoms with E-state index < -0.39 is 12.1 Å². The quantitative estimate of drug-likeness (QED) is 0.423.